The number of alkyl carbamates (subject to hydrolysis) is 1. The Balaban J connectivity index is 2.22. The number of carbonyl (C=O) groups excluding carboxylic acids is 2. The molecule has 7 heteroatoms. The maximum Gasteiger partial charge on any atom is 0.408 e. The molecule has 0 aliphatic carbocycles. The van der Waals surface area contributed by atoms with Gasteiger partial charge in [-0.15, -0.1) is 0 Å². The molecule has 2 aromatic carbocycles. The lowest BCUT2D eigenvalue weighted by atomic mass is 10.1. The molecule has 6 nitrogen and oxygen atoms in total. The SMILES string of the molecule is CC(C)(C)OC(=O)NC(Cc1ccccc1)C(=O)N=S(C)(=N)Cc1ccccc1. The summed E-state index contributed by atoms with van der Waals surface area (Å²) in [6.45, 7) is 5.28. The average Bonchev–Trinajstić information content (AvgIpc) is 2.60. The molecule has 0 heterocycles. The molecule has 0 aliphatic heterocycles. The minimum absolute atomic E-state index is 0.281. The van der Waals surface area contributed by atoms with E-state index in [1.54, 1.807) is 27.0 Å². The zero-order valence-corrected chi connectivity index (χ0v) is 18.2. The topological polar surface area (TPSA) is 91.6 Å². The van der Waals surface area contributed by atoms with Crippen molar-refractivity contribution in [1.82, 2.24) is 5.32 Å². The van der Waals surface area contributed by atoms with E-state index in [4.69, 9.17) is 9.52 Å². The van der Waals surface area contributed by atoms with Crippen molar-refractivity contribution in [3.63, 3.8) is 0 Å². The van der Waals surface area contributed by atoms with E-state index in [1.807, 2.05) is 60.7 Å². The average molecular weight is 416 g/mol. The van der Waals surface area contributed by atoms with Crippen LogP contribution in [-0.4, -0.2) is 29.9 Å². The lowest BCUT2D eigenvalue weighted by Crippen LogP contribution is -2.44. The van der Waals surface area contributed by atoms with Gasteiger partial charge < -0.3 is 10.1 Å². The molecule has 0 aliphatic rings. The van der Waals surface area contributed by atoms with E-state index in [1.165, 1.54) is 0 Å². The van der Waals surface area contributed by atoms with Crippen LogP contribution >= 0.6 is 0 Å². The molecule has 0 fully saturated rings. The summed E-state index contributed by atoms with van der Waals surface area (Å²) in [5.41, 5.74) is 1.17. The van der Waals surface area contributed by atoms with E-state index in [0.717, 1.165) is 11.1 Å². The first-order chi connectivity index (χ1) is 13.5. The molecule has 0 bridgehead atoms. The van der Waals surface area contributed by atoms with Gasteiger partial charge in [-0.05, 0) is 31.9 Å². The van der Waals surface area contributed by atoms with Crippen molar-refractivity contribution in [3.8, 4) is 0 Å². The van der Waals surface area contributed by atoms with Gasteiger partial charge in [0.15, 0.2) is 0 Å². The van der Waals surface area contributed by atoms with Gasteiger partial charge in [-0.25, -0.2) is 4.79 Å². The zero-order valence-electron chi connectivity index (χ0n) is 17.3. The molecule has 2 rings (SSSR count). The number of hydrogen-bond donors (Lipinski definition) is 2. The summed E-state index contributed by atoms with van der Waals surface area (Å²) < 4.78 is 18.0. The van der Waals surface area contributed by atoms with Crippen molar-refractivity contribution in [1.29, 1.82) is 4.78 Å². The molecule has 0 spiro atoms. The second-order valence-electron chi connectivity index (χ2n) is 7.99. The molecule has 2 atom stereocenters. The normalized spacial score (nSPS) is 14.3. The Hall–Kier alpha value is -2.67. The summed E-state index contributed by atoms with van der Waals surface area (Å²) in [5, 5.41) is 2.63. The number of nitrogens with one attached hydrogen (secondary N) is 2. The molecule has 0 saturated carbocycles. The van der Waals surface area contributed by atoms with E-state index in [0.29, 0.717) is 5.75 Å². The number of ether oxygens (including phenoxy) is 1. The van der Waals surface area contributed by atoms with Gasteiger partial charge in [-0.1, -0.05) is 70.3 Å². The summed E-state index contributed by atoms with van der Waals surface area (Å²) in [6, 6.07) is 18.0. The number of hydrogen-bond acceptors (Lipinski definition) is 4. The van der Waals surface area contributed by atoms with E-state index >= 15 is 0 Å². The predicted octanol–water partition coefficient (Wildman–Crippen LogP) is 4.58. The lowest BCUT2D eigenvalue weighted by molar-refractivity contribution is -0.119. The van der Waals surface area contributed by atoms with Crippen LogP contribution in [0.3, 0.4) is 0 Å². The Bertz CT molecular complexity index is 944. The van der Waals surface area contributed by atoms with Crippen molar-refractivity contribution >= 4 is 21.6 Å². The van der Waals surface area contributed by atoms with Crippen molar-refractivity contribution < 1.29 is 14.3 Å². The van der Waals surface area contributed by atoms with Crippen LogP contribution in [-0.2, 0) is 31.3 Å². The highest BCUT2D eigenvalue weighted by Crippen LogP contribution is 2.12. The monoisotopic (exact) mass is 415 g/mol. The molecule has 2 N–H and O–H groups in total. The minimum Gasteiger partial charge on any atom is -0.444 e. The quantitative estimate of drug-likeness (QED) is 0.723. The van der Waals surface area contributed by atoms with E-state index in [9.17, 15) is 9.59 Å². The summed E-state index contributed by atoms with van der Waals surface area (Å²) in [6.07, 6.45) is 1.28. The van der Waals surface area contributed by atoms with Gasteiger partial charge in [0, 0.05) is 18.4 Å². The van der Waals surface area contributed by atoms with Crippen LogP contribution in [0, 0.1) is 4.78 Å². The zero-order chi connectivity index (χ0) is 21.5. The van der Waals surface area contributed by atoms with Crippen LogP contribution in [0.4, 0.5) is 4.79 Å². The van der Waals surface area contributed by atoms with Gasteiger partial charge >= 0.3 is 6.09 Å². The third kappa shape index (κ3) is 8.48. The molecule has 156 valence electrons. The maximum absolute atomic E-state index is 12.9. The van der Waals surface area contributed by atoms with Gasteiger partial charge in [-0.3, -0.25) is 9.57 Å². The Kier molecular flexibility index (Phi) is 7.56. The van der Waals surface area contributed by atoms with Gasteiger partial charge in [0.05, 0.1) is 0 Å². The van der Waals surface area contributed by atoms with Crippen molar-refractivity contribution in [2.45, 2.75) is 44.6 Å². The van der Waals surface area contributed by atoms with E-state index < -0.39 is 33.3 Å². The first-order valence-corrected chi connectivity index (χ1v) is 11.6. The molecule has 0 radical (unpaired) electrons. The fraction of sp³-hybridized carbons (Fsp3) is 0.364. The molecule has 0 aromatic heterocycles. The highest BCUT2D eigenvalue weighted by atomic mass is 32.2. The Labute approximate surface area is 173 Å². The summed E-state index contributed by atoms with van der Waals surface area (Å²) in [5.74, 6) is -0.132. The predicted molar refractivity (Wildman–Crippen MR) is 117 cm³/mol. The fourth-order valence-corrected chi connectivity index (χ4v) is 4.12. The van der Waals surface area contributed by atoms with Crippen molar-refractivity contribution in [2.75, 3.05) is 6.26 Å². The smallest absolute Gasteiger partial charge is 0.408 e. The second-order valence-corrected chi connectivity index (χ2v) is 10.5. The van der Waals surface area contributed by atoms with Crippen LogP contribution < -0.4 is 5.32 Å². The van der Waals surface area contributed by atoms with Gasteiger partial charge in [0.25, 0.3) is 5.91 Å². The Morgan fingerprint density at radius 1 is 1.03 bits per heavy atom. The first kappa shape index (κ1) is 22.6. The minimum atomic E-state index is -2.31. The van der Waals surface area contributed by atoms with Crippen LogP contribution in [0.2, 0.25) is 0 Å². The molecule has 2 unspecified atom stereocenters. The second kappa shape index (κ2) is 9.69. The number of benzene rings is 2. The first-order valence-electron chi connectivity index (χ1n) is 9.39. The van der Waals surface area contributed by atoms with Gasteiger partial charge in [0.1, 0.15) is 11.6 Å². The Morgan fingerprint density at radius 3 is 2.07 bits per heavy atom. The standard InChI is InChI=1S/C22H29N3O3S/c1-22(2,3)28-21(27)24-19(15-17-11-7-5-8-12-17)20(26)25-29(4,23)16-18-13-9-6-10-14-18/h5-14,19,23H,15-16H2,1-4H3,(H,24,27). The third-order valence-electron chi connectivity index (χ3n) is 3.85. The van der Waals surface area contributed by atoms with Crippen LogP contribution in [0.1, 0.15) is 31.9 Å². The van der Waals surface area contributed by atoms with E-state index in [-0.39, 0.29) is 6.42 Å². The van der Waals surface area contributed by atoms with Crippen LogP contribution in [0.5, 0.6) is 0 Å². The van der Waals surface area contributed by atoms with Gasteiger partial charge in [-0.2, -0.15) is 4.36 Å². The highest BCUT2D eigenvalue weighted by molar-refractivity contribution is 7.93. The van der Waals surface area contributed by atoms with Crippen molar-refractivity contribution in [2.24, 2.45) is 4.36 Å². The largest absolute Gasteiger partial charge is 0.444 e. The van der Waals surface area contributed by atoms with Crippen LogP contribution in [0.25, 0.3) is 0 Å². The molecular weight excluding hydrogens is 386 g/mol. The van der Waals surface area contributed by atoms with Crippen molar-refractivity contribution in [3.05, 3.63) is 71.8 Å². The summed E-state index contributed by atoms with van der Waals surface area (Å²) >= 11 is 0. The number of rotatable bonds is 6. The summed E-state index contributed by atoms with van der Waals surface area (Å²) in [4.78, 5) is 25.2. The molecule has 29 heavy (non-hydrogen) atoms. The van der Waals surface area contributed by atoms with Crippen LogP contribution in [0.15, 0.2) is 65.0 Å². The highest BCUT2D eigenvalue weighted by Gasteiger charge is 2.25. The van der Waals surface area contributed by atoms with Gasteiger partial charge in [0.2, 0.25) is 0 Å². The molecule has 2 aromatic rings. The number of carbonyl (C=O) groups is 2. The fourth-order valence-electron chi connectivity index (χ4n) is 2.69. The Morgan fingerprint density at radius 2 is 1.55 bits per heavy atom. The number of amides is 2. The molecule has 0 saturated heterocycles. The molecular formula is C22H29N3O3S. The maximum atomic E-state index is 12.9. The molecule has 2 amide bonds. The third-order valence-corrected chi connectivity index (χ3v) is 5.33. The van der Waals surface area contributed by atoms with E-state index in [2.05, 4.69) is 9.68 Å². The number of nitrogens with zero attached hydrogens (tertiary/aromatic N) is 1. The lowest BCUT2D eigenvalue weighted by Gasteiger charge is -2.22. The summed E-state index contributed by atoms with van der Waals surface area (Å²) in [7, 11) is -2.31.